The van der Waals surface area contributed by atoms with Crippen molar-refractivity contribution in [3.8, 4) is 0 Å². The SMILES string of the molecule is Cc1cc(C)n2nc(C(=O)NCC3(C(N)=O)CCOCC3)nc2n1. The standard InChI is InChI=1S/C15H20N6O3/c1-9-7-10(2)21-14(18-9)19-11(20-21)12(22)17-8-15(13(16)23)3-5-24-6-4-15/h7H,3-6,8H2,1-2H3,(H2,16,23)(H,17,22). The molecule has 0 spiro atoms. The maximum atomic E-state index is 12.4. The topological polar surface area (TPSA) is 125 Å². The van der Waals surface area contributed by atoms with Crippen molar-refractivity contribution in [3.63, 3.8) is 0 Å². The van der Waals surface area contributed by atoms with Crippen LogP contribution in [0.3, 0.4) is 0 Å². The Hall–Kier alpha value is -2.55. The van der Waals surface area contributed by atoms with Crippen LogP contribution in [0.2, 0.25) is 0 Å². The van der Waals surface area contributed by atoms with Crippen LogP contribution in [0.15, 0.2) is 6.07 Å². The molecule has 9 heteroatoms. The van der Waals surface area contributed by atoms with E-state index in [0.29, 0.717) is 31.8 Å². The van der Waals surface area contributed by atoms with E-state index in [1.54, 1.807) is 0 Å². The lowest BCUT2D eigenvalue weighted by Gasteiger charge is -2.34. The number of aryl methyl sites for hydroxylation is 2. The van der Waals surface area contributed by atoms with Gasteiger partial charge in [0.1, 0.15) is 0 Å². The molecule has 128 valence electrons. The summed E-state index contributed by atoms with van der Waals surface area (Å²) < 4.78 is 6.79. The molecule has 1 saturated heterocycles. The summed E-state index contributed by atoms with van der Waals surface area (Å²) in [6.45, 7) is 4.76. The third-order valence-electron chi connectivity index (χ3n) is 4.38. The molecule has 0 aliphatic carbocycles. The van der Waals surface area contributed by atoms with Crippen molar-refractivity contribution < 1.29 is 14.3 Å². The van der Waals surface area contributed by atoms with Gasteiger partial charge in [-0.15, -0.1) is 5.10 Å². The van der Waals surface area contributed by atoms with Gasteiger partial charge in [-0.05, 0) is 32.8 Å². The van der Waals surface area contributed by atoms with Crippen molar-refractivity contribution >= 4 is 17.6 Å². The molecule has 1 aliphatic rings. The van der Waals surface area contributed by atoms with Gasteiger partial charge in [0.05, 0.1) is 5.41 Å². The lowest BCUT2D eigenvalue weighted by Crippen LogP contribution is -2.49. The van der Waals surface area contributed by atoms with E-state index in [4.69, 9.17) is 10.5 Å². The Morgan fingerprint density at radius 2 is 2.04 bits per heavy atom. The number of carbonyl (C=O) groups is 2. The monoisotopic (exact) mass is 332 g/mol. The number of ether oxygens (including phenoxy) is 1. The molecule has 3 heterocycles. The highest BCUT2D eigenvalue weighted by molar-refractivity contribution is 5.91. The maximum Gasteiger partial charge on any atom is 0.291 e. The molecule has 0 atom stereocenters. The molecule has 24 heavy (non-hydrogen) atoms. The van der Waals surface area contributed by atoms with Crippen molar-refractivity contribution in [1.29, 1.82) is 0 Å². The molecule has 3 rings (SSSR count). The number of carbonyl (C=O) groups excluding carboxylic acids is 2. The number of aromatic nitrogens is 4. The van der Waals surface area contributed by atoms with Crippen LogP contribution < -0.4 is 11.1 Å². The number of rotatable bonds is 4. The van der Waals surface area contributed by atoms with E-state index in [2.05, 4.69) is 20.4 Å². The average Bonchev–Trinajstić information content (AvgIpc) is 2.97. The fraction of sp³-hybridized carbons (Fsp3) is 0.533. The summed E-state index contributed by atoms with van der Waals surface area (Å²) in [6.07, 6.45) is 0.974. The summed E-state index contributed by atoms with van der Waals surface area (Å²) in [7, 11) is 0. The van der Waals surface area contributed by atoms with Gasteiger partial charge in [-0.25, -0.2) is 9.50 Å². The quantitative estimate of drug-likeness (QED) is 0.795. The summed E-state index contributed by atoms with van der Waals surface area (Å²) >= 11 is 0. The smallest absolute Gasteiger partial charge is 0.291 e. The number of nitrogens with one attached hydrogen (secondary N) is 1. The lowest BCUT2D eigenvalue weighted by molar-refractivity contribution is -0.132. The fourth-order valence-electron chi connectivity index (χ4n) is 2.86. The second kappa shape index (κ2) is 6.16. The molecule has 0 bridgehead atoms. The second-order valence-corrected chi connectivity index (χ2v) is 6.13. The number of primary amides is 1. The van der Waals surface area contributed by atoms with Crippen LogP contribution in [0, 0.1) is 19.3 Å². The predicted octanol–water partition coefficient (Wildman–Crippen LogP) is -0.247. The van der Waals surface area contributed by atoms with Gasteiger partial charge >= 0.3 is 0 Å². The minimum Gasteiger partial charge on any atom is -0.381 e. The van der Waals surface area contributed by atoms with E-state index in [1.807, 2.05) is 19.9 Å². The van der Waals surface area contributed by atoms with Gasteiger partial charge in [0.15, 0.2) is 0 Å². The van der Waals surface area contributed by atoms with E-state index in [1.165, 1.54) is 4.52 Å². The van der Waals surface area contributed by atoms with Gasteiger partial charge in [-0.2, -0.15) is 4.98 Å². The van der Waals surface area contributed by atoms with Crippen molar-refractivity contribution in [3.05, 3.63) is 23.3 Å². The van der Waals surface area contributed by atoms with Gasteiger partial charge in [-0.1, -0.05) is 0 Å². The van der Waals surface area contributed by atoms with E-state index in [9.17, 15) is 9.59 Å². The first-order valence-corrected chi connectivity index (χ1v) is 7.78. The van der Waals surface area contributed by atoms with Crippen LogP contribution in [-0.4, -0.2) is 51.2 Å². The van der Waals surface area contributed by atoms with Crippen LogP contribution in [0.1, 0.15) is 34.8 Å². The van der Waals surface area contributed by atoms with E-state index < -0.39 is 17.2 Å². The minimum absolute atomic E-state index is 0.0166. The highest BCUT2D eigenvalue weighted by atomic mass is 16.5. The Bertz CT molecular complexity index is 794. The highest BCUT2D eigenvalue weighted by Crippen LogP contribution is 2.29. The van der Waals surface area contributed by atoms with Crippen LogP contribution in [0.4, 0.5) is 0 Å². The Balaban J connectivity index is 1.77. The third-order valence-corrected chi connectivity index (χ3v) is 4.38. The molecule has 2 aromatic heterocycles. The van der Waals surface area contributed by atoms with Gasteiger partial charge < -0.3 is 15.8 Å². The number of hydrogen-bond acceptors (Lipinski definition) is 6. The zero-order valence-corrected chi connectivity index (χ0v) is 13.7. The van der Waals surface area contributed by atoms with Crippen molar-refractivity contribution in [2.75, 3.05) is 19.8 Å². The molecule has 2 aromatic rings. The maximum absolute atomic E-state index is 12.4. The number of amides is 2. The number of fused-ring (bicyclic) bond motifs is 1. The molecule has 0 saturated carbocycles. The largest absolute Gasteiger partial charge is 0.381 e. The first-order chi connectivity index (χ1) is 11.4. The molecular weight excluding hydrogens is 312 g/mol. The molecule has 0 radical (unpaired) electrons. The summed E-state index contributed by atoms with van der Waals surface area (Å²) in [4.78, 5) is 32.6. The molecule has 1 fully saturated rings. The molecule has 3 N–H and O–H groups in total. The summed E-state index contributed by atoms with van der Waals surface area (Å²) in [5.41, 5.74) is 6.39. The highest BCUT2D eigenvalue weighted by Gasteiger charge is 2.39. The second-order valence-electron chi connectivity index (χ2n) is 6.13. The summed E-state index contributed by atoms with van der Waals surface area (Å²) in [5.74, 6) is -0.497. The first-order valence-electron chi connectivity index (χ1n) is 7.78. The Kier molecular flexibility index (Phi) is 4.18. The third kappa shape index (κ3) is 2.94. The van der Waals surface area contributed by atoms with E-state index >= 15 is 0 Å². The minimum atomic E-state index is -0.780. The van der Waals surface area contributed by atoms with Crippen LogP contribution in [-0.2, 0) is 9.53 Å². The van der Waals surface area contributed by atoms with Gasteiger partial charge in [-0.3, -0.25) is 9.59 Å². The number of nitrogens with two attached hydrogens (primary N) is 1. The van der Waals surface area contributed by atoms with Crippen molar-refractivity contribution in [1.82, 2.24) is 24.9 Å². The van der Waals surface area contributed by atoms with E-state index in [-0.39, 0.29) is 12.4 Å². The number of hydrogen-bond donors (Lipinski definition) is 2. The van der Waals surface area contributed by atoms with Crippen LogP contribution in [0.25, 0.3) is 5.78 Å². The van der Waals surface area contributed by atoms with Crippen molar-refractivity contribution in [2.45, 2.75) is 26.7 Å². The average molecular weight is 332 g/mol. The Labute approximate surface area is 138 Å². The first kappa shape index (κ1) is 16.3. The molecular formula is C15H20N6O3. The summed E-state index contributed by atoms with van der Waals surface area (Å²) in [6, 6.07) is 1.85. The molecule has 2 amide bonds. The van der Waals surface area contributed by atoms with Crippen molar-refractivity contribution in [2.24, 2.45) is 11.1 Å². The Morgan fingerprint density at radius 3 is 2.71 bits per heavy atom. The van der Waals surface area contributed by atoms with Crippen LogP contribution >= 0.6 is 0 Å². The lowest BCUT2D eigenvalue weighted by atomic mass is 9.79. The Morgan fingerprint density at radius 1 is 1.33 bits per heavy atom. The molecule has 1 aliphatic heterocycles. The normalized spacial score (nSPS) is 16.9. The van der Waals surface area contributed by atoms with E-state index in [0.717, 1.165) is 11.4 Å². The van der Waals surface area contributed by atoms with Gasteiger partial charge in [0.2, 0.25) is 11.7 Å². The predicted molar refractivity (Wildman–Crippen MR) is 84.3 cm³/mol. The molecule has 9 nitrogen and oxygen atoms in total. The van der Waals surface area contributed by atoms with Crippen LogP contribution in [0.5, 0.6) is 0 Å². The van der Waals surface area contributed by atoms with Gasteiger partial charge in [0, 0.05) is 31.1 Å². The summed E-state index contributed by atoms with van der Waals surface area (Å²) in [5, 5.41) is 6.90. The zero-order chi connectivity index (χ0) is 17.3. The molecule has 0 aromatic carbocycles. The zero-order valence-electron chi connectivity index (χ0n) is 13.7. The fourth-order valence-corrected chi connectivity index (χ4v) is 2.86. The van der Waals surface area contributed by atoms with Gasteiger partial charge in [0.25, 0.3) is 11.7 Å². The number of nitrogens with zero attached hydrogens (tertiary/aromatic N) is 4. The molecule has 0 unspecified atom stereocenters.